The van der Waals surface area contributed by atoms with Gasteiger partial charge in [-0.05, 0) is 23.8 Å². The molecule has 2 aromatic rings. The number of esters is 1. The normalized spacial score (nSPS) is 10.3. The molecular weight excluding hydrogens is 260 g/mol. The van der Waals surface area contributed by atoms with Crippen LogP contribution in [-0.4, -0.2) is 18.1 Å². The van der Waals surface area contributed by atoms with Crippen molar-refractivity contribution in [2.75, 3.05) is 7.11 Å². The fraction of sp³-hybridized carbons (Fsp3) is 0.0714. The highest BCUT2D eigenvalue weighted by atomic mass is 32.1. The molecule has 1 aromatic heterocycles. The third-order valence-corrected chi connectivity index (χ3v) is 3.29. The van der Waals surface area contributed by atoms with Gasteiger partial charge >= 0.3 is 5.97 Å². The molecule has 0 N–H and O–H groups in total. The molecule has 0 aliphatic heterocycles. The van der Waals surface area contributed by atoms with Crippen LogP contribution in [0.1, 0.15) is 25.8 Å². The van der Waals surface area contributed by atoms with E-state index in [0.717, 1.165) is 5.56 Å². The molecule has 0 spiro atoms. The van der Waals surface area contributed by atoms with Crippen LogP contribution < -0.4 is 0 Å². The molecule has 0 unspecified atom stereocenters. The molecule has 2 rings (SSSR count). The van der Waals surface area contributed by atoms with Crippen LogP contribution in [0.25, 0.3) is 12.2 Å². The Hall–Kier alpha value is -2.45. The Morgan fingerprint density at radius 3 is 3.05 bits per heavy atom. The maximum absolute atomic E-state index is 11.3. The van der Waals surface area contributed by atoms with Gasteiger partial charge in [-0.3, -0.25) is 0 Å². The summed E-state index contributed by atoms with van der Waals surface area (Å²) in [5.74, 6) is -0.386. The smallest absolute Gasteiger partial charge is 0.349 e. The summed E-state index contributed by atoms with van der Waals surface area (Å²) >= 11 is 1.26. The first kappa shape index (κ1) is 13.0. The van der Waals surface area contributed by atoms with Crippen molar-refractivity contribution < 1.29 is 9.53 Å². The topological polar surface area (TPSA) is 63.0 Å². The average molecular weight is 270 g/mol. The minimum absolute atomic E-state index is 0.386. The van der Waals surface area contributed by atoms with E-state index in [1.807, 2.05) is 18.2 Å². The maximum Gasteiger partial charge on any atom is 0.349 e. The van der Waals surface area contributed by atoms with Gasteiger partial charge in [-0.1, -0.05) is 18.2 Å². The van der Waals surface area contributed by atoms with Crippen molar-refractivity contribution in [2.24, 2.45) is 0 Å². The molecule has 1 aromatic carbocycles. The number of benzene rings is 1. The summed E-state index contributed by atoms with van der Waals surface area (Å²) in [6.45, 7) is 0. The van der Waals surface area contributed by atoms with Crippen LogP contribution in [0.15, 0.2) is 30.5 Å². The van der Waals surface area contributed by atoms with Crippen molar-refractivity contribution in [1.82, 2.24) is 4.98 Å². The van der Waals surface area contributed by atoms with E-state index in [-0.39, 0.29) is 5.97 Å². The lowest BCUT2D eigenvalue weighted by Gasteiger charge is -1.93. The van der Waals surface area contributed by atoms with Crippen LogP contribution in [0.4, 0.5) is 0 Å². The fourth-order valence-electron chi connectivity index (χ4n) is 1.44. The van der Waals surface area contributed by atoms with Crippen LogP contribution >= 0.6 is 11.3 Å². The summed E-state index contributed by atoms with van der Waals surface area (Å²) in [6.07, 6.45) is 5.14. The van der Waals surface area contributed by atoms with Crippen LogP contribution in [-0.2, 0) is 4.74 Å². The van der Waals surface area contributed by atoms with Crippen molar-refractivity contribution in [3.05, 3.63) is 51.5 Å². The number of carbonyl (C=O) groups excluding carboxylic acids is 1. The van der Waals surface area contributed by atoms with E-state index in [9.17, 15) is 4.79 Å². The van der Waals surface area contributed by atoms with Gasteiger partial charge in [0.15, 0.2) is 0 Å². The first-order valence-electron chi connectivity index (χ1n) is 5.45. The van der Waals surface area contributed by atoms with Crippen LogP contribution in [0.3, 0.4) is 0 Å². The van der Waals surface area contributed by atoms with Crippen LogP contribution in [0.2, 0.25) is 0 Å². The molecule has 0 aliphatic rings. The predicted molar refractivity (Wildman–Crippen MR) is 73.5 cm³/mol. The third-order valence-electron chi connectivity index (χ3n) is 2.34. The highest BCUT2D eigenvalue weighted by Gasteiger charge is 2.08. The van der Waals surface area contributed by atoms with Crippen LogP contribution in [0.5, 0.6) is 0 Å². The average Bonchev–Trinajstić information content (AvgIpc) is 2.93. The molecule has 0 saturated carbocycles. The predicted octanol–water partition coefficient (Wildman–Crippen LogP) is 2.97. The minimum atomic E-state index is -0.386. The molecule has 94 valence electrons. The number of thiazole rings is 1. The number of carbonyl (C=O) groups is 1. The lowest BCUT2D eigenvalue weighted by atomic mass is 10.1. The van der Waals surface area contributed by atoms with E-state index in [2.05, 4.69) is 15.8 Å². The molecule has 0 aliphatic carbocycles. The monoisotopic (exact) mass is 270 g/mol. The first-order valence-corrected chi connectivity index (χ1v) is 6.27. The number of nitrogens with zero attached hydrogens (tertiary/aromatic N) is 2. The summed E-state index contributed by atoms with van der Waals surface area (Å²) in [6, 6.07) is 9.33. The zero-order valence-electron chi connectivity index (χ0n) is 10.2. The summed E-state index contributed by atoms with van der Waals surface area (Å²) < 4.78 is 4.61. The summed E-state index contributed by atoms with van der Waals surface area (Å²) in [5.41, 5.74) is 1.52. The molecule has 0 amide bonds. The molecule has 4 nitrogen and oxygen atoms in total. The lowest BCUT2D eigenvalue weighted by Crippen LogP contribution is -1.96. The van der Waals surface area contributed by atoms with Gasteiger partial charge in [0, 0.05) is 0 Å². The molecule has 0 atom stereocenters. The van der Waals surface area contributed by atoms with E-state index in [1.54, 1.807) is 18.2 Å². The standard InChI is InChI=1S/C14H10N2O2S/c1-18-14(17)12-9-16-13(19-12)6-5-10-3-2-4-11(7-10)8-15/h2-7,9H,1H3/b6-5+. The van der Waals surface area contributed by atoms with Gasteiger partial charge in [-0.2, -0.15) is 5.26 Å². The molecule has 0 saturated heterocycles. The van der Waals surface area contributed by atoms with Gasteiger partial charge in [-0.15, -0.1) is 11.3 Å². The van der Waals surface area contributed by atoms with E-state index >= 15 is 0 Å². The molecule has 5 heteroatoms. The number of hydrogen-bond acceptors (Lipinski definition) is 5. The highest BCUT2D eigenvalue weighted by molar-refractivity contribution is 7.14. The number of methoxy groups -OCH3 is 1. The van der Waals surface area contributed by atoms with Gasteiger partial charge < -0.3 is 4.74 Å². The van der Waals surface area contributed by atoms with Crippen molar-refractivity contribution in [3.8, 4) is 6.07 Å². The lowest BCUT2D eigenvalue weighted by molar-refractivity contribution is 0.0606. The van der Waals surface area contributed by atoms with E-state index in [4.69, 9.17) is 5.26 Å². The Balaban J connectivity index is 2.16. The molecular formula is C14H10N2O2S. The van der Waals surface area contributed by atoms with Gasteiger partial charge in [0.05, 0.1) is 24.9 Å². The van der Waals surface area contributed by atoms with Gasteiger partial charge in [-0.25, -0.2) is 9.78 Å². The number of hydrogen-bond donors (Lipinski definition) is 0. The number of ether oxygens (including phenoxy) is 1. The van der Waals surface area contributed by atoms with Crippen molar-refractivity contribution in [1.29, 1.82) is 5.26 Å². The Morgan fingerprint density at radius 2 is 2.32 bits per heavy atom. The Bertz CT molecular complexity index is 668. The van der Waals surface area contributed by atoms with Crippen molar-refractivity contribution in [3.63, 3.8) is 0 Å². The SMILES string of the molecule is COC(=O)c1cnc(/C=C/c2cccc(C#N)c2)s1. The molecule has 0 bridgehead atoms. The van der Waals surface area contributed by atoms with Gasteiger partial charge in [0.2, 0.25) is 0 Å². The fourth-order valence-corrected chi connectivity index (χ4v) is 2.18. The second-order valence-corrected chi connectivity index (χ2v) is 4.69. The molecule has 19 heavy (non-hydrogen) atoms. The van der Waals surface area contributed by atoms with Crippen molar-refractivity contribution >= 4 is 29.5 Å². The second kappa shape index (κ2) is 5.94. The highest BCUT2D eigenvalue weighted by Crippen LogP contribution is 2.17. The Kier molecular flexibility index (Phi) is 4.06. The summed E-state index contributed by atoms with van der Waals surface area (Å²) in [7, 11) is 1.34. The molecule has 1 heterocycles. The van der Waals surface area contributed by atoms with E-state index in [1.165, 1.54) is 24.6 Å². The van der Waals surface area contributed by atoms with E-state index < -0.39 is 0 Å². The van der Waals surface area contributed by atoms with Gasteiger partial charge in [0.1, 0.15) is 9.88 Å². The first-order chi connectivity index (χ1) is 9.22. The zero-order valence-corrected chi connectivity index (χ0v) is 11.0. The second-order valence-electron chi connectivity index (χ2n) is 3.62. The van der Waals surface area contributed by atoms with Gasteiger partial charge in [0.25, 0.3) is 0 Å². The van der Waals surface area contributed by atoms with Crippen molar-refractivity contribution in [2.45, 2.75) is 0 Å². The Labute approximate surface area is 114 Å². The minimum Gasteiger partial charge on any atom is -0.465 e. The zero-order chi connectivity index (χ0) is 13.7. The summed E-state index contributed by atoms with van der Waals surface area (Å²) in [5, 5.41) is 9.51. The molecule has 0 radical (unpaired) electrons. The van der Waals surface area contributed by atoms with E-state index in [0.29, 0.717) is 15.4 Å². The Morgan fingerprint density at radius 1 is 1.47 bits per heavy atom. The number of aromatic nitrogens is 1. The number of rotatable bonds is 3. The maximum atomic E-state index is 11.3. The molecule has 0 fully saturated rings. The number of nitriles is 1. The summed E-state index contributed by atoms with van der Waals surface area (Å²) in [4.78, 5) is 15.8. The largest absolute Gasteiger partial charge is 0.465 e. The quantitative estimate of drug-likeness (QED) is 0.804. The van der Waals surface area contributed by atoms with Crippen LogP contribution in [0, 0.1) is 11.3 Å². The third kappa shape index (κ3) is 3.27.